The monoisotopic (exact) mass is 632 g/mol. The van der Waals surface area contributed by atoms with Gasteiger partial charge in [-0.1, -0.05) is 53.9 Å². The molecule has 40 heavy (non-hydrogen) atoms. The first-order chi connectivity index (χ1) is 18.5. The zero-order valence-corrected chi connectivity index (χ0v) is 31.1. The van der Waals surface area contributed by atoms with Crippen LogP contribution in [0.25, 0.3) is 0 Å². The molecule has 0 fully saturated rings. The van der Waals surface area contributed by atoms with Gasteiger partial charge in [0.05, 0.1) is 0 Å². The summed E-state index contributed by atoms with van der Waals surface area (Å²) in [5.74, 6) is 0.291. The molecule has 0 aliphatic heterocycles. The highest BCUT2D eigenvalue weighted by Crippen LogP contribution is 2.33. The number of aromatic hydroxyl groups is 1. The van der Waals surface area contributed by atoms with Crippen molar-refractivity contribution in [1.29, 1.82) is 0 Å². The molecule has 0 aromatic heterocycles. The van der Waals surface area contributed by atoms with E-state index in [0.717, 1.165) is 37.8 Å². The molecule has 0 radical (unpaired) electrons. The van der Waals surface area contributed by atoms with Crippen molar-refractivity contribution in [3.8, 4) is 5.75 Å². The average molecular weight is 633 g/mol. The minimum atomic E-state index is -2.72. The third kappa shape index (κ3) is 12.7. The smallest absolute Gasteiger partial charge is 0.317 e. The third-order valence-electron chi connectivity index (χ3n) is 6.84. The first-order valence-corrected chi connectivity index (χ1v) is 28.2. The van der Waals surface area contributed by atoms with E-state index in [9.17, 15) is 5.11 Å². The molecule has 2 aromatic carbocycles. The zero-order valence-electron chi connectivity index (χ0n) is 26.1. The number of phenolic OH excluding ortho intramolecular Hbond substituents is 1. The standard InChI is InChI=1S/C30H52O5Si5/c1-11-36(3,4)32-38(7,8)34-40(10,27-16-20-28-18-14-13-15-19-28)35-39(9,33-37(5,6)12-2)26-17-21-29-22-24-30(31)25-23-29/h11-15,18-19,22-25,31H,1-2,16-17,20-21,26-27H2,3-10H3. The molecule has 0 spiro atoms. The summed E-state index contributed by atoms with van der Waals surface area (Å²) in [6.07, 6.45) is 3.82. The first kappa shape index (κ1) is 34.8. The lowest BCUT2D eigenvalue weighted by atomic mass is 10.1. The number of benzene rings is 2. The minimum Gasteiger partial charge on any atom is -0.508 e. The van der Waals surface area contributed by atoms with Gasteiger partial charge in [-0.3, -0.25) is 0 Å². The van der Waals surface area contributed by atoms with Crippen LogP contribution in [-0.4, -0.2) is 47.4 Å². The summed E-state index contributed by atoms with van der Waals surface area (Å²) in [6.45, 7) is 25.5. The summed E-state index contributed by atoms with van der Waals surface area (Å²) in [5, 5.41) is 9.66. The van der Waals surface area contributed by atoms with E-state index in [4.69, 9.17) is 16.5 Å². The molecular formula is C30H52O5Si5. The third-order valence-corrected chi connectivity index (χ3v) is 26.4. The highest BCUT2D eigenvalue weighted by atomic mass is 28.5. The fourth-order valence-corrected chi connectivity index (χ4v) is 27.9. The maximum atomic E-state index is 9.66. The fourth-order valence-electron chi connectivity index (χ4n) is 5.05. The Kier molecular flexibility index (Phi) is 12.8. The molecule has 2 aromatic rings. The first-order valence-electron chi connectivity index (χ1n) is 14.4. The highest BCUT2D eigenvalue weighted by Gasteiger charge is 2.49. The molecule has 0 bridgehead atoms. The maximum absolute atomic E-state index is 9.66. The Labute approximate surface area is 249 Å². The summed E-state index contributed by atoms with van der Waals surface area (Å²) in [6, 6.07) is 19.8. The van der Waals surface area contributed by atoms with Gasteiger partial charge in [0.15, 0.2) is 16.6 Å². The molecule has 2 atom stereocenters. The Morgan fingerprint density at radius 3 is 1.55 bits per heavy atom. The van der Waals surface area contributed by atoms with Gasteiger partial charge in [0, 0.05) is 0 Å². The SMILES string of the molecule is C=C[Si](C)(C)O[Si](C)(C)O[Si](C)(CCCc1ccccc1)O[Si](C)(CCCc1ccc(O)cc1)O[Si](C)(C)C=C. The van der Waals surface area contributed by atoms with Crippen molar-refractivity contribution < 1.29 is 21.6 Å². The van der Waals surface area contributed by atoms with Crippen molar-refractivity contribution in [3.05, 3.63) is 90.3 Å². The molecular weight excluding hydrogens is 581 g/mol. The van der Waals surface area contributed by atoms with Crippen molar-refractivity contribution >= 4 is 42.3 Å². The molecule has 0 heterocycles. The van der Waals surface area contributed by atoms with Crippen molar-refractivity contribution in [2.45, 2.75) is 90.1 Å². The lowest BCUT2D eigenvalue weighted by Gasteiger charge is -2.44. The van der Waals surface area contributed by atoms with Gasteiger partial charge in [-0.15, -0.1) is 13.2 Å². The van der Waals surface area contributed by atoms with Gasteiger partial charge < -0.3 is 21.6 Å². The lowest BCUT2D eigenvalue weighted by Crippen LogP contribution is -2.60. The summed E-state index contributed by atoms with van der Waals surface area (Å²) in [7, 11) is -12.1. The van der Waals surface area contributed by atoms with Gasteiger partial charge in [0.25, 0.3) is 0 Å². The van der Waals surface area contributed by atoms with Gasteiger partial charge in [-0.2, -0.15) is 0 Å². The second-order valence-corrected chi connectivity index (χ2v) is 31.4. The molecule has 0 aliphatic carbocycles. The van der Waals surface area contributed by atoms with Crippen LogP contribution in [0, 0.1) is 0 Å². The number of phenols is 1. The normalized spacial score (nSPS) is 15.7. The Balaban J connectivity index is 2.30. The van der Waals surface area contributed by atoms with E-state index in [1.54, 1.807) is 12.1 Å². The average Bonchev–Trinajstić information content (AvgIpc) is 2.84. The van der Waals surface area contributed by atoms with Crippen LogP contribution in [-0.2, 0) is 29.3 Å². The van der Waals surface area contributed by atoms with Crippen LogP contribution in [0.15, 0.2) is 79.2 Å². The summed E-state index contributed by atoms with van der Waals surface area (Å²) < 4.78 is 27.9. The van der Waals surface area contributed by atoms with Gasteiger partial charge in [0.1, 0.15) is 5.75 Å². The molecule has 1 N–H and O–H groups in total. The molecule has 2 rings (SSSR count). The second-order valence-electron chi connectivity index (χ2n) is 12.5. The van der Waals surface area contributed by atoms with Gasteiger partial charge in [-0.05, 0) is 113 Å². The Morgan fingerprint density at radius 2 is 1.05 bits per heavy atom. The summed E-state index contributed by atoms with van der Waals surface area (Å²) >= 11 is 0. The van der Waals surface area contributed by atoms with E-state index in [-0.39, 0.29) is 0 Å². The van der Waals surface area contributed by atoms with Crippen molar-refractivity contribution in [3.63, 3.8) is 0 Å². The van der Waals surface area contributed by atoms with Crippen LogP contribution < -0.4 is 0 Å². The van der Waals surface area contributed by atoms with Crippen LogP contribution in [0.1, 0.15) is 24.0 Å². The van der Waals surface area contributed by atoms with Crippen LogP contribution in [0.4, 0.5) is 0 Å². The maximum Gasteiger partial charge on any atom is 0.317 e. The van der Waals surface area contributed by atoms with E-state index in [0.29, 0.717) is 5.75 Å². The van der Waals surface area contributed by atoms with E-state index in [1.807, 2.05) is 23.5 Å². The molecule has 222 valence electrons. The molecule has 0 saturated heterocycles. The quantitative estimate of drug-likeness (QED) is 0.167. The van der Waals surface area contributed by atoms with Crippen molar-refractivity contribution in [2.75, 3.05) is 0 Å². The van der Waals surface area contributed by atoms with Gasteiger partial charge >= 0.3 is 25.7 Å². The number of hydrogen-bond donors (Lipinski definition) is 1. The van der Waals surface area contributed by atoms with Gasteiger partial charge in [0.2, 0.25) is 0 Å². The fraction of sp³-hybridized carbons (Fsp3) is 0.467. The van der Waals surface area contributed by atoms with E-state index in [2.05, 4.69) is 95.9 Å². The van der Waals surface area contributed by atoms with Crippen molar-refractivity contribution in [2.24, 2.45) is 0 Å². The lowest BCUT2D eigenvalue weighted by molar-refractivity contribution is 0.288. The van der Waals surface area contributed by atoms with E-state index in [1.165, 1.54) is 11.1 Å². The van der Waals surface area contributed by atoms with Crippen LogP contribution in [0.5, 0.6) is 5.75 Å². The molecule has 2 unspecified atom stereocenters. The number of aryl methyl sites for hydroxylation is 2. The Bertz CT molecular complexity index is 1080. The molecule has 0 saturated carbocycles. The van der Waals surface area contributed by atoms with Crippen LogP contribution in [0.2, 0.25) is 64.5 Å². The summed E-state index contributed by atoms with van der Waals surface area (Å²) in [5.41, 5.74) is 6.50. The van der Waals surface area contributed by atoms with Crippen molar-refractivity contribution in [1.82, 2.24) is 0 Å². The van der Waals surface area contributed by atoms with E-state index >= 15 is 0 Å². The predicted molar refractivity (Wildman–Crippen MR) is 181 cm³/mol. The molecule has 5 nitrogen and oxygen atoms in total. The summed E-state index contributed by atoms with van der Waals surface area (Å²) in [4.78, 5) is 0. The van der Waals surface area contributed by atoms with Gasteiger partial charge in [-0.25, -0.2) is 0 Å². The highest BCUT2D eigenvalue weighted by molar-refractivity contribution is 6.92. The number of rotatable bonds is 18. The minimum absolute atomic E-state index is 0.291. The zero-order chi connectivity index (χ0) is 30.1. The molecule has 0 amide bonds. The predicted octanol–water partition coefficient (Wildman–Crippen LogP) is 8.73. The number of hydrogen-bond acceptors (Lipinski definition) is 5. The van der Waals surface area contributed by atoms with Crippen LogP contribution >= 0.6 is 0 Å². The Morgan fingerprint density at radius 1 is 0.600 bits per heavy atom. The molecule has 0 aliphatic rings. The van der Waals surface area contributed by atoms with Crippen LogP contribution in [0.3, 0.4) is 0 Å². The molecule has 10 heteroatoms. The Hall–Kier alpha value is -1.36. The topological polar surface area (TPSA) is 57.2 Å². The van der Waals surface area contributed by atoms with E-state index < -0.39 is 42.3 Å². The second kappa shape index (κ2) is 14.7. The largest absolute Gasteiger partial charge is 0.508 e.